The van der Waals surface area contributed by atoms with E-state index in [1.807, 2.05) is 18.7 Å². The van der Waals surface area contributed by atoms with Crippen molar-refractivity contribution in [3.63, 3.8) is 0 Å². The predicted molar refractivity (Wildman–Crippen MR) is 103 cm³/mol. The van der Waals surface area contributed by atoms with Gasteiger partial charge in [-0.25, -0.2) is 4.98 Å². The molecule has 1 amide bonds. The molecule has 4 heterocycles. The number of aromatic nitrogens is 7. The first kappa shape index (κ1) is 21.0. The summed E-state index contributed by atoms with van der Waals surface area (Å²) in [5, 5.41) is 20.7. The summed E-state index contributed by atoms with van der Waals surface area (Å²) in [5.74, 6) is 0.234. The van der Waals surface area contributed by atoms with Crippen molar-refractivity contribution < 1.29 is 18.0 Å². The van der Waals surface area contributed by atoms with Crippen molar-refractivity contribution in [3.05, 3.63) is 29.6 Å². The number of amides is 1. The maximum Gasteiger partial charge on any atom is 0.453 e. The summed E-state index contributed by atoms with van der Waals surface area (Å²) in [5.41, 5.74) is 0.0255. The molecule has 4 rings (SSSR count). The van der Waals surface area contributed by atoms with Crippen LogP contribution in [0.2, 0.25) is 0 Å². The van der Waals surface area contributed by atoms with Crippen LogP contribution in [0.25, 0.3) is 5.65 Å². The van der Waals surface area contributed by atoms with Crippen LogP contribution in [0.15, 0.2) is 12.1 Å². The second-order valence-corrected chi connectivity index (χ2v) is 7.47. The standard InChI is InChI=1S/C18H22F3N9O/c1-3-12-23-15(26-24-12)10(2)22-16(31)11-6-8-29(9-7-11)14-5-4-13-25-27-17(18(19,20)21)30(13)28-14/h4-5,10-11H,3,6-9H2,1-2H3,(H,22,31)(H,23,24,26). The number of nitrogens with one attached hydrogen (secondary N) is 2. The van der Waals surface area contributed by atoms with Crippen LogP contribution < -0.4 is 10.2 Å². The number of hydrogen-bond acceptors (Lipinski definition) is 7. The Morgan fingerprint density at radius 2 is 2.03 bits per heavy atom. The Hall–Kier alpha value is -3.25. The topological polar surface area (TPSA) is 117 Å². The fraction of sp³-hybridized carbons (Fsp3) is 0.556. The molecule has 0 saturated carbocycles. The molecular formula is C18H22F3N9O. The lowest BCUT2D eigenvalue weighted by Gasteiger charge is -2.32. The highest BCUT2D eigenvalue weighted by Crippen LogP contribution is 2.28. The molecule has 3 aromatic rings. The number of aryl methyl sites for hydroxylation is 1. The summed E-state index contributed by atoms with van der Waals surface area (Å²) >= 11 is 0. The molecule has 10 nitrogen and oxygen atoms in total. The molecule has 31 heavy (non-hydrogen) atoms. The maximum absolute atomic E-state index is 13.1. The number of hydrogen-bond donors (Lipinski definition) is 2. The average molecular weight is 437 g/mol. The Balaban J connectivity index is 1.38. The number of carbonyl (C=O) groups excluding carboxylic acids is 1. The summed E-state index contributed by atoms with van der Waals surface area (Å²) in [7, 11) is 0. The second-order valence-electron chi connectivity index (χ2n) is 7.47. The largest absolute Gasteiger partial charge is 0.453 e. The van der Waals surface area contributed by atoms with E-state index in [2.05, 4.69) is 35.8 Å². The van der Waals surface area contributed by atoms with E-state index in [0.717, 1.165) is 12.2 Å². The van der Waals surface area contributed by atoms with Crippen LogP contribution in [0, 0.1) is 5.92 Å². The molecule has 1 atom stereocenters. The van der Waals surface area contributed by atoms with Gasteiger partial charge in [-0.15, -0.1) is 15.3 Å². The average Bonchev–Trinajstić information content (AvgIpc) is 3.40. The van der Waals surface area contributed by atoms with Gasteiger partial charge in [0.2, 0.25) is 5.91 Å². The zero-order chi connectivity index (χ0) is 22.2. The molecule has 0 aromatic carbocycles. The van der Waals surface area contributed by atoms with Crippen LogP contribution in [-0.4, -0.2) is 54.0 Å². The highest BCUT2D eigenvalue weighted by molar-refractivity contribution is 5.79. The van der Waals surface area contributed by atoms with Crippen LogP contribution in [0.1, 0.15) is 50.2 Å². The van der Waals surface area contributed by atoms with E-state index in [1.54, 1.807) is 6.07 Å². The summed E-state index contributed by atoms with van der Waals surface area (Å²) < 4.78 is 39.9. The minimum atomic E-state index is -4.64. The number of aromatic amines is 1. The van der Waals surface area contributed by atoms with Gasteiger partial charge in [0.15, 0.2) is 11.5 Å². The van der Waals surface area contributed by atoms with Gasteiger partial charge in [-0.05, 0) is 31.9 Å². The van der Waals surface area contributed by atoms with Crippen LogP contribution in [0.5, 0.6) is 0 Å². The van der Waals surface area contributed by atoms with Crippen LogP contribution in [0.3, 0.4) is 0 Å². The zero-order valence-electron chi connectivity index (χ0n) is 17.0. The van der Waals surface area contributed by atoms with Gasteiger partial charge in [0, 0.05) is 25.4 Å². The van der Waals surface area contributed by atoms with E-state index in [4.69, 9.17) is 0 Å². The number of nitrogens with zero attached hydrogens (tertiary/aromatic N) is 7. The van der Waals surface area contributed by atoms with Crippen molar-refractivity contribution in [1.82, 2.24) is 40.3 Å². The third kappa shape index (κ3) is 4.30. The molecule has 0 spiro atoms. The second kappa shape index (κ2) is 8.12. The van der Waals surface area contributed by atoms with Crippen molar-refractivity contribution in [2.75, 3.05) is 18.0 Å². The van der Waals surface area contributed by atoms with Gasteiger partial charge in [-0.2, -0.15) is 22.8 Å². The van der Waals surface area contributed by atoms with E-state index in [0.29, 0.717) is 42.1 Å². The SMILES string of the molecule is CCc1nc(C(C)NC(=O)C2CCN(c3ccc4nnc(C(F)(F)F)n4n3)CC2)n[nH]1. The van der Waals surface area contributed by atoms with Crippen molar-refractivity contribution in [2.24, 2.45) is 5.92 Å². The first-order valence-corrected chi connectivity index (χ1v) is 10.0. The van der Waals surface area contributed by atoms with E-state index >= 15 is 0 Å². The smallest absolute Gasteiger partial charge is 0.355 e. The van der Waals surface area contributed by atoms with E-state index in [-0.39, 0.29) is 23.5 Å². The Morgan fingerprint density at radius 1 is 1.29 bits per heavy atom. The molecule has 0 bridgehead atoms. The highest BCUT2D eigenvalue weighted by atomic mass is 19.4. The van der Waals surface area contributed by atoms with E-state index in [1.165, 1.54) is 6.07 Å². The van der Waals surface area contributed by atoms with Crippen molar-refractivity contribution >= 4 is 17.4 Å². The predicted octanol–water partition coefficient (Wildman–Crippen LogP) is 1.92. The van der Waals surface area contributed by atoms with Gasteiger partial charge in [0.25, 0.3) is 5.82 Å². The number of anilines is 1. The number of fused-ring (bicyclic) bond motifs is 1. The summed E-state index contributed by atoms with van der Waals surface area (Å²) in [6.45, 7) is 4.78. The molecule has 2 N–H and O–H groups in total. The molecule has 1 aliphatic rings. The lowest BCUT2D eigenvalue weighted by atomic mass is 9.95. The Labute approximate surface area is 175 Å². The Bertz CT molecular complexity index is 1070. The first-order valence-electron chi connectivity index (χ1n) is 10.0. The van der Waals surface area contributed by atoms with Crippen molar-refractivity contribution in [3.8, 4) is 0 Å². The van der Waals surface area contributed by atoms with Gasteiger partial charge >= 0.3 is 6.18 Å². The van der Waals surface area contributed by atoms with Gasteiger partial charge in [0.1, 0.15) is 11.6 Å². The lowest BCUT2D eigenvalue weighted by molar-refractivity contribution is -0.146. The molecule has 1 aliphatic heterocycles. The van der Waals surface area contributed by atoms with Gasteiger partial charge < -0.3 is 10.2 Å². The third-order valence-corrected chi connectivity index (χ3v) is 5.32. The van der Waals surface area contributed by atoms with Crippen molar-refractivity contribution in [1.29, 1.82) is 0 Å². The summed E-state index contributed by atoms with van der Waals surface area (Å²) in [6.07, 6.45) is -2.80. The molecule has 3 aromatic heterocycles. The van der Waals surface area contributed by atoms with Crippen LogP contribution in [0.4, 0.5) is 19.0 Å². The molecular weight excluding hydrogens is 415 g/mol. The number of halogens is 3. The van der Waals surface area contributed by atoms with Gasteiger partial charge in [-0.1, -0.05) is 6.92 Å². The molecule has 0 radical (unpaired) electrons. The molecule has 0 aliphatic carbocycles. The van der Waals surface area contributed by atoms with E-state index < -0.39 is 12.0 Å². The van der Waals surface area contributed by atoms with Gasteiger partial charge in [-0.3, -0.25) is 9.89 Å². The summed E-state index contributed by atoms with van der Waals surface area (Å²) in [6, 6.07) is 2.74. The number of H-pyrrole nitrogens is 1. The monoisotopic (exact) mass is 437 g/mol. The number of alkyl halides is 3. The van der Waals surface area contributed by atoms with E-state index in [9.17, 15) is 18.0 Å². The normalized spacial score (nSPS) is 16.6. The number of piperidine rings is 1. The molecule has 1 saturated heterocycles. The molecule has 13 heteroatoms. The minimum Gasteiger partial charge on any atom is -0.355 e. The minimum absolute atomic E-state index is 0.0255. The van der Waals surface area contributed by atoms with Crippen molar-refractivity contribution in [2.45, 2.75) is 45.3 Å². The molecule has 1 fully saturated rings. The lowest BCUT2D eigenvalue weighted by Crippen LogP contribution is -2.41. The Kier molecular flexibility index (Phi) is 5.50. The third-order valence-electron chi connectivity index (χ3n) is 5.32. The van der Waals surface area contributed by atoms with Gasteiger partial charge in [0.05, 0.1) is 6.04 Å². The quantitative estimate of drug-likeness (QED) is 0.626. The highest BCUT2D eigenvalue weighted by Gasteiger charge is 2.38. The summed E-state index contributed by atoms with van der Waals surface area (Å²) in [4.78, 5) is 18.8. The fourth-order valence-corrected chi connectivity index (χ4v) is 3.55. The Morgan fingerprint density at radius 3 is 2.68 bits per heavy atom. The molecule has 166 valence electrons. The first-order chi connectivity index (χ1) is 14.8. The number of rotatable bonds is 5. The van der Waals surface area contributed by atoms with Crippen LogP contribution >= 0.6 is 0 Å². The fourth-order valence-electron chi connectivity index (χ4n) is 3.55. The number of carbonyl (C=O) groups is 1. The van der Waals surface area contributed by atoms with Crippen LogP contribution in [-0.2, 0) is 17.4 Å². The molecule has 1 unspecified atom stereocenters. The maximum atomic E-state index is 13.1. The zero-order valence-corrected chi connectivity index (χ0v) is 17.0.